The number of hydrogen-bond donors (Lipinski definition) is 2. The highest BCUT2D eigenvalue weighted by molar-refractivity contribution is 5.89. The molecule has 3 heterocycles. The van der Waals surface area contributed by atoms with Crippen molar-refractivity contribution in [3.05, 3.63) is 53.6 Å². The highest BCUT2D eigenvalue weighted by Crippen LogP contribution is 2.25. The Bertz CT molecular complexity index is 996. The third-order valence-electron chi connectivity index (χ3n) is 4.85. The summed E-state index contributed by atoms with van der Waals surface area (Å²) in [7, 11) is 0. The number of amides is 2. The summed E-state index contributed by atoms with van der Waals surface area (Å²) >= 11 is 0. The van der Waals surface area contributed by atoms with Crippen LogP contribution in [0.1, 0.15) is 36.0 Å². The minimum atomic E-state index is -0.450. The predicted molar refractivity (Wildman–Crippen MR) is 102 cm³/mol. The predicted octanol–water partition coefficient (Wildman–Crippen LogP) is 3.16. The van der Waals surface area contributed by atoms with Gasteiger partial charge in [-0.25, -0.2) is 18.9 Å². The summed E-state index contributed by atoms with van der Waals surface area (Å²) in [5, 5.41) is 14.0. The quantitative estimate of drug-likeness (QED) is 0.727. The molecule has 0 radical (unpaired) electrons. The third kappa shape index (κ3) is 3.73. The van der Waals surface area contributed by atoms with Gasteiger partial charge in [-0.05, 0) is 50.5 Å². The molecule has 1 saturated heterocycles. The van der Waals surface area contributed by atoms with Gasteiger partial charge < -0.3 is 10.2 Å². The van der Waals surface area contributed by atoms with Crippen LogP contribution in [-0.2, 0) is 0 Å². The summed E-state index contributed by atoms with van der Waals surface area (Å²) in [6.07, 6.45) is 5.22. The van der Waals surface area contributed by atoms with Crippen LogP contribution in [0.4, 0.5) is 14.9 Å². The SMILES string of the molecule is Cc1cnn(-c2ccc(NC(=O)N3CCC[C@H](c4n[nH]c(C)n4)C3)cc2F)c1. The second-order valence-corrected chi connectivity index (χ2v) is 7.12. The Morgan fingerprint density at radius 2 is 2.21 bits per heavy atom. The molecule has 1 fully saturated rings. The summed E-state index contributed by atoms with van der Waals surface area (Å²) in [5.74, 6) is 1.15. The number of halogens is 1. The molecule has 2 aromatic heterocycles. The molecule has 28 heavy (non-hydrogen) atoms. The Labute approximate surface area is 161 Å². The Morgan fingerprint density at radius 1 is 1.36 bits per heavy atom. The number of urea groups is 1. The number of likely N-dealkylation sites (tertiary alicyclic amines) is 1. The van der Waals surface area contributed by atoms with Crippen LogP contribution in [0, 0.1) is 19.7 Å². The van der Waals surface area contributed by atoms with Crippen molar-refractivity contribution >= 4 is 11.7 Å². The maximum absolute atomic E-state index is 14.5. The molecule has 0 saturated carbocycles. The minimum absolute atomic E-state index is 0.103. The number of nitrogens with one attached hydrogen (secondary N) is 2. The van der Waals surface area contributed by atoms with E-state index in [1.54, 1.807) is 29.4 Å². The highest BCUT2D eigenvalue weighted by atomic mass is 19.1. The molecule has 1 aliphatic heterocycles. The number of nitrogens with zero attached hydrogens (tertiary/aromatic N) is 5. The number of benzene rings is 1. The van der Waals surface area contributed by atoms with E-state index in [2.05, 4.69) is 25.6 Å². The van der Waals surface area contributed by atoms with Crippen molar-refractivity contribution in [2.24, 2.45) is 0 Å². The summed E-state index contributed by atoms with van der Waals surface area (Å²) in [4.78, 5) is 18.8. The van der Waals surface area contributed by atoms with Gasteiger partial charge in [-0.3, -0.25) is 5.10 Å². The fourth-order valence-corrected chi connectivity index (χ4v) is 3.43. The van der Waals surface area contributed by atoms with Gasteiger partial charge in [0.1, 0.15) is 11.5 Å². The van der Waals surface area contributed by atoms with Crippen molar-refractivity contribution in [1.82, 2.24) is 29.9 Å². The van der Waals surface area contributed by atoms with Gasteiger partial charge in [0.05, 0.1) is 6.20 Å². The van der Waals surface area contributed by atoms with E-state index in [0.29, 0.717) is 24.5 Å². The number of carbonyl (C=O) groups excluding carboxylic acids is 1. The first kappa shape index (κ1) is 18.1. The standard InChI is InChI=1S/C19H22FN7O/c1-12-9-21-27(10-12)17-6-5-15(8-16(17)20)23-19(28)26-7-3-4-14(11-26)18-22-13(2)24-25-18/h5-6,8-10,14H,3-4,7,11H2,1-2H3,(H,23,28)(H,22,24,25)/t14-/m0/s1. The van der Waals surface area contributed by atoms with Crippen LogP contribution in [0.3, 0.4) is 0 Å². The molecule has 146 valence electrons. The van der Waals surface area contributed by atoms with Crippen LogP contribution < -0.4 is 5.32 Å². The number of rotatable bonds is 3. The molecule has 1 aromatic carbocycles. The van der Waals surface area contributed by atoms with Crippen molar-refractivity contribution in [3.8, 4) is 5.69 Å². The largest absolute Gasteiger partial charge is 0.324 e. The van der Waals surface area contributed by atoms with E-state index in [1.807, 2.05) is 13.8 Å². The van der Waals surface area contributed by atoms with Gasteiger partial charge in [-0.2, -0.15) is 10.2 Å². The first-order valence-electron chi connectivity index (χ1n) is 9.25. The van der Waals surface area contributed by atoms with Crippen LogP contribution in [0.2, 0.25) is 0 Å². The zero-order valence-electron chi connectivity index (χ0n) is 15.8. The molecule has 0 aliphatic carbocycles. The number of aryl methyl sites for hydroxylation is 2. The lowest BCUT2D eigenvalue weighted by molar-refractivity contribution is 0.191. The summed E-state index contributed by atoms with van der Waals surface area (Å²) in [5.41, 5.74) is 1.69. The molecule has 1 atom stereocenters. The number of hydrogen-bond acceptors (Lipinski definition) is 4. The van der Waals surface area contributed by atoms with Crippen molar-refractivity contribution in [3.63, 3.8) is 0 Å². The van der Waals surface area contributed by atoms with Crippen LogP contribution in [0.5, 0.6) is 0 Å². The Kier molecular flexibility index (Phi) is 4.81. The van der Waals surface area contributed by atoms with Gasteiger partial charge in [-0.1, -0.05) is 0 Å². The van der Waals surface area contributed by atoms with Crippen molar-refractivity contribution in [1.29, 1.82) is 0 Å². The molecule has 0 unspecified atom stereocenters. The molecular weight excluding hydrogens is 361 g/mol. The first-order valence-corrected chi connectivity index (χ1v) is 9.25. The van der Waals surface area contributed by atoms with Gasteiger partial charge in [0, 0.05) is 30.9 Å². The molecule has 9 heteroatoms. The minimum Gasteiger partial charge on any atom is -0.324 e. The number of H-pyrrole nitrogens is 1. The zero-order valence-corrected chi connectivity index (χ0v) is 15.8. The van der Waals surface area contributed by atoms with E-state index in [9.17, 15) is 9.18 Å². The van der Waals surface area contributed by atoms with E-state index in [-0.39, 0.29) is 11.9 Å². The van der Waals surface area contributed by atoms with E-state index < -0.39 is 5.82 Å². The molecule has 4 rings (SSSR count). The lowest BCUT2D eigenvalue weighted by Gasteiger charge is -2.31. The van der Waals surface area contributed by atoms with Gasteiger partial charge >= 0.3 is 6.03 Å². The van der Waals surface area contributed by atoms with Crippen molar-refractivity contribution in [2.45, 2.75) is 32.6 Å². The highest BCUT2D eigenvalue weighted by Gasteiger charge is 2.27. The maximum Gasteiger partial charge on any atom is 0.321 e. The fraction of sp³-hybridized carbons (Fsp3) is 0.368. The number of carbonyl (C=O) groups is 1. The second-order valence-electron chi connectivity index (χ2n) is 7.12. The smallest absolute Gasteiger partial charge is 0.321 e. The molecule has 0 spiro atoms. The lowest BCUT2D eigenvalue weighted by atomic mass is 9.98. The Balaban J connectivity index is 1.43. The van der Waals surface area contributed by atoms with E-state index in [0.717, 1.165) is 30.1 Å². The molecular formula is C19H22FN7O. The topological polar surface area (TPSA) is 91.7 Å². The third-order valence-corrected chi connectivity index (χ3v) is 4.85. The zero-order chi connectivity index (χ0) is 19.7. The summed E-state index contributed by atoms with van der Waals surface area (Å²) in [6.45, 7) is 4.93. The molecule has 8 nitrogen and oxygen atoms in total. The van der Waals surface area contributed by atoms with Gasteiger partial charge in [0.15, 0.2) is 11.6 Å². The first-order chi connectivity index (χ1) is 13.5. The van der Waals surface area contributed by atoms with Gasteiger partial charge in [0.25, 0.3) is 0 Å². The number of aromatic nitrogens is 5. The monoisotopic (exact) mass is 383 g/mol. The Hall–Kier alpha value is -3.23. The molecule has 2 amide bonds. The van der Waals surface area contributed by atoms with E-state index in [4.69, 9.17) is 0 Å². The van der Waals surface area contributed by atoms with Gasteiger partial charge in [-0.15, -0.1) is 0 Å². The van der Waals surface area contributed by atoms with E-state index in [1.165, 1.54) is 10.7 Å². The van der Waals surface area contributed by atoms with Crippen LogP contribution in [0.25, 0.3) is 5.69 Å². The van der Waals surface area contributed by atoms with E-state index >= 15 is 0 Å². The summed E-state index contributed by atoms with van der Waals surface area (Å²) in [6, 6.07) is 4.34. The molecule has 1 aliphatic rings. The lowest BCUT2D eigenvalue weighted by Crippen LogP contribution is -2.41. The number of anilines is 1. The van der Waals surface area contributed by atoms with Crippen molar-refractivity contribution < 1.29 is 9.18 Å². The number of piperidine rings is 1. The second kappa shape index (κ2) is 7.41. The normalized spacial score (nSPS) is 17.0. The summed E-state index contributed by atoms with van der Waals surface area (Å²) < 4.78 is 16.0. The van der Waals surface area contributed by atoms with Crippen LogP contribution in [-0.4, -0.2) is 49.0 Å². The Morgan fingerprint density at radius 3 is 2.89 bits per heavy atom. The van der Waals surface area contributed by atoms with Crippen LogP contribution in [0.15, 0.2) is 30.6 Å². The van der Waals surface area contributed by atoms with Gasteiger partial charge in [0.2, 0.25) is 0 Å². The maximum atomic E-state index is 14.5. The average Bonchev–Trinajstić information content (AvgIpc) is 3.30. The molecule has 0 bridgehead atoms. The van der Waals surface area contributed by atoms with Crippen molar-refractivity contribution in [2.75, 3.05) is 18.4 Å². The molecule has 3 aromatic rings. The fourth-order valence-electron chi connectivity index (χ4n) is 3.43. The number of aromatic amines is 1. The van der Waals surface area contributed by atoms with Crippen LogP contribution >= 0.6 is 0 Å². The average molecular weight is 383 g/mol. The molecule has 2 N–H and O–H groups in total.